The maximum Gasteiger partial charge on any atom is 0.251 e. The van der Waals surface area contributed by atoms with Crippen molar-refractivity contribution in [2.75, 3.05) is 11.9 Å². The van der Waals surface area contributed by atoms with E-state index in [1.165, 1.54) is 0 Å². The Bertz CT molecular complexity index is 609. The highest BCUT2D eigenvalue weighted by molar-refractivity contribution is 7.09. The van der Waals surface area contributed by atoms with Gasteiger partial charge in [0.2, 0.25) is 0 Å². The summed E-state index contributed by atoms with van der Waals surface area (Å²) in [6.07, 6.45) is 0.934. The molecule has 21 heavy (non-hydrogen) atoms. The van der Waals surface area contributed by atoms with Gasteiger partial charge in [-0.15, -0.1) is 11.3 Å². The van der Waals surface area contributed by atoms with E-state index in [0.29, 0.717) is 12.1 Å². The minimum absolute atomic E-state index is 0.0299. The first kappa shape index (κ1) is 15.5. The average Bonchev–Trinajstić information content (AvgIpc) is 2.91. The van der Waals surface area contributed by atoms with Crippen LogP contribution < -0.4 is 10.6 Å². The SMILES string of the molecule is CCCNC(=O)c1cccc(NC(C)c2csc(C)n2)c1. The molecule has 0 aliphatic rings. The molecule has 1 aromatic heterocycles. The molecule has 0 spiro atoms. The molecule has 1 unspecified atom stereocenters. The first-order valence-corrected chi connectivity index (χ1v) is 8.05. The van der Waals surface area contributed by atoms with Crippen molar-refractivity contribution in [2.24, 2.45) is 0 Å². The summed E-state index contributed by atoms with van der Waals surface area (Å²) in [6.45, 7) is 6.80. The van der Waals surface area contributed by atoms with Gasteiger partial charge in [0.25, 0.3) is 5.91 Å². The van der Waals surface area contributed by atoms with Crippen molar-refractivity contribution in [3.05, 3.63) is 45.9 Å². The molecule has 0 saturated carbocycles. The summed E-state index contributed by atoms with van der Waals surface area (Å²) in [4.78, 5) is 16.4. The van der Waals surface area contributed by atoms with Gasteiger partial charge in [0, 0.05) is 23.2 Å². The Labute approximate surface area is 129 Å². The molecule has 0 aliphatic carbocycles. The number of carbonyl (C=O) groups is 1. The highest BCUT2D eigenvalue weighted by atomic mass is 32.1. The van der Waals surface area contributed by atoms with Gasteiger partial charge in [-0.1, -0.05) is 13.0 Å². The van der Waals surface area contributed by atoms with Crippen LogP contribution in [0.25, 0.3) is 0 Å². The molecule has 2 aromatic rings. The van der Waals surface area contributed by atoms with Crippen LogP contribution in [-0.4, -0.2) is 17.4 Å². The lowest BCUT2D eigenvalue weighted by molar-refractivity contribution is 0.0953. The maximum atomic E-state index is 12.0. The number of benzene rings is 1. The quantitative estimate of drug-likeness (QED) is 0.854. The molecule has 2 N–H and O–H groups in total. The number of rotatable bonds is 6. The van der Waals surface area contributed by atoms with E-state index >= 15 is 0 Å². The summed E-state index contributed by atoms with van der Waals surface area (Å²) in [7, 11) is 0. The van der Waals surface area contributed by atoms with Gasteiger partial charge in [0.1, 0.15) is 0 Å². The van der Waals surface area contributed by atoms with E-state index in [-0.39, 0.29) is 11.9 Å². The summed E-state index contributed by atoms with van der Waals surface area (Å²) < 4.78 is 0. The predicted octanol–water partition coefficient (Wildman–Crippen LogP) is 3.76. The molecule has 1 amide bonds. The second kappa shape index (κ2) is 7.22. The third-order valence-corrected chi connectivity index (χ3v) is 3.92. The molecule has 1 heterocycles. The zero-order chi connectivity index (χ0) is 15.2. The highest BCUT2D eigenvalue weighted by Gasteiger charge is 2.10. The first-order chi connectivity index (χ1) is 10.1. The molecule has 5 heteroatoms. The molecule has 1 atom stereocenters. The van der Waals surface area contributed by atoms with Gasteiger partial charge < -0.3 is 10.6 Å². The van der Waals surface area contributed by atoms with E-state index < -0.39 is 0 Å². The van der Waals surface area contributed by atoms with E-state index in [1.54, 1.807) is 11.3 Å². The normalized spacial score (nSPS) is 12.0. The number of thiazole rings is 1. The van der Waals surface area contributed by atoms with Crippen LogP contribution >= 0.6 is 11.3 Å². The molecule has 1 aromatic carbocycles. The number of amides is 1. The molecule has 2 rings (SSSR count). The van der Waals surface area contributed by atoms with Crippen LogP contribution in [0.3, 0.4) is 0 Å². The molecule has 0 bridgehead atoms. The molecule has 0 saturated heterocycles. The number of aromatic nitrogens is 1. The largest absolute Gasteiger partial charge is 0.377 e. The van der Waals surface area contributed by atoms with Crippen molar-refractivity contribution in [1.29, 1.82) is 0 Å². The lowest BCUT2D eigenvalue weighted by atomic mass is 10.1. The number of hydrogen-bond acceptors (Lipinski definition) is 4. The molecular formula is C16H21N3OS. The van der Waals surface area contributed by atoms with Crippen LogP contribution in [0, 0.1) is 6.92 Å². The van der Waals surface area contributed by atoms with Crippen molar-refractivity contribution < 1.29 is 4.79 Å². The lowest BCUT2D eigenvalue weighted by Crippen LogP contribution is -2.24. The fourth-order valence-electron chi connectivity index (χ4n) is 1.99. The molecule has 0 fully saturated rings. The van der Waals surface area contributed by atoms with Gasteiger partial charge in [-0.2, -0.15) is 0 Å². The van der Waals surface area contributed by atoms with Gasteiger partial charge in [-0.25, -0.2) is 4.98 Å². The monoisotopic (exact) mass is 303 g/mol. The summed E-state index contributed by atoms with van der Waals surface area (Å²) in [6, 6.07) is 7.67. The van der Waals surface area contributed by atoms with Gasteiger partial charge in [-0.05, 0) is 38.5 Å². The Morgan fingerprint density at radius 2 is 2.24 bits per heavy atom. The third kappa shape index (κ3) is 4.29. The van der Waals surface area contributed by atoms with E-state index in [0.717, 1.165) is 22.8 Å². The van der Waals surface area contributed by atoms with Crippen molar-refractivity contribution in [3.63, 3.8) is 0 Å². The van der Waals surface area contributed by atoms with Gasteiger partial charge >= 0.3 is 0 Å². The summed E-state index contributed by atoms with van der Waals surface area (Å²) in [5.74, 6) is -0.0299. The fourth-order valence-corrected chi connectivity index (χ4v) is 2.70. The van der Waals surface area contributed by atoms with Crippen LogP contribution in [0.5, 0.6) is 0 Å². The fraction of sp³-hybridized carbons (Fsp3) is 0.375. The smallest absolute Gasteiger partial charge is 0.251 e. The van der Waals surface area contributed by atoms with Crippen molar-refractivity contribution in [3.8, 4) is 0 Å². The van der Waals surface area contributed by atoms with Crippen LogP contribution in [0.1, 0.15) is 47.4 Å². The Morgan fingerprint density at radius 1 is 1.43 bits per heavy atom. The number of aryl methyl sites for hydroxylation is 1. The minimum atomic E-state index is -0.0299. The molecule has 0 radical (unpaired) electrons. The second-order valence-corrected chi connectivity index (χ2v) is 6.06. The number of nitrogens with zero attached hydrogens (tertiary/aromatic N) is 1. The minimum Gasteiger partial charge on any atom is -0.377 e. The lowest BCUT2D eigenvalue weighted by Gasteiger charge is -2.14. The number of carbonyl (C=O) groups excluding carboxylic acids is 1. The third-order valence-electron chi connectivity index (χ3n) is 3.12. The Kier molecular flexibility index (Phi) is 5.33. The van der Waals surface area contributed by atoms with Gasteiger partial charge in [0.15, 0.2) is 0 Å². The first-order valence-electron chi connectivity index (χ1n) is 7.17. The van der Waals surface area contributed by atoms with Crippen molar-refractivity contribution in [1.82, 2.24) is 10.3 Å². The van der Waals surface area contributed by atoms with Crippen LogP contribution in [0.4, 0.5) is 5.69 Å². The topological polar surface area (TPSA) is 54.0 Å². The van der Waals surface area contributed by atoms with E-state index in [9.17, 15) is 4.79 Å². The predicted molar refractivity (Wildman–Crippen MR) is 88.0 cm³/mol. The number of nitrogens with one attached hydrogen (secondary N) is 2. The zero-order valence-electron chi connectivity index (χ0n) is 12.6. The standard InChI is InChI=1S/C16H21N3OS/c1-4-8-17-16(20)13-6-5-7-14(9-13)18-11(2)15-10-21-12(3)19-15/h5-7,9-11,18H,4,8H2,1-3H3,(H,17,20). The summed E-state index contributed by atoms with van der Waals surface area (Å²) in [5, 5.41) is 9.40. The Hall–Kier alpha value is -1.88. The number of hydrogen-bond donors (Lipinski definition) is 2. The van der Waals surface area contributed by atoms with E-state index in [1.807, 2.05) is 38.1 Å². The van der Waals surface area contributed by atoms with Gasteiger partial charge in [-0.3, -0.25) is 4.79 Å². The molecule has 0 aliphatic heterocycles. The molecule has 112 valence electrons. The maximum absolute atomic E-state index is 12.0. The van der Waals surface area contributed by atoms with Crippen LogP contribution in [0.15, 0.2) is 29.6 Å². The summed E-state index contributed by atoms with van der Waals surface area (Å²) >= 11 is 1.65. The second-order valence-electron chi connectivity index (χ2n) is 4.99. The van der Waals surface area contributed by atoms with Gasteiger partial charge in [0.05, 0.1) is 16.7 Å². The van der Waals surface area contributed by atoms with E-state index in [4.69, 9.17) is 0 Å². The Balaban J connectivity index is 2.05. The van der Waals surface area contributed by atoms with Crippen LogP contribution in [-0.2, 0) is 0 Å². The molecule has 4 nitrogen and oxygen atoms in total. The average molecular weight is 303 g/mol. The highest BCUT2D eigenvalue weighted by Crippen LogP contribution is 2.21. The number of anilines is 1. The summed E-state index contributed by atoms with van der Waals surface area (Å²) in [5.41, 5.74) is 2.63. The Morgan fingerprint density at radius 3 is 2.90 bits per heavy atom. The van der Waals surface area contributed by atoms with E-state index in [2.05, 4.69) is 27.9 Å². The van der Waals surface area contributed by atoms with Crippen molar-refractivity contribution in [2.45, 2.75) is 33.2 Å². The molecular weight excluding hydrogens is 282 g/mol. The van der Waals surface area contributed by atoms with Crippen LogP contribution in [0.2, 0.25) is 0 Å². The zero-order valence-corrected chi connectivity index (χ0v) is 13.5. The van der Waals surface area contributed by atoms with Crippen molar-refractivity contribution >= 4 is 22.9 Å².